The molecule has 0 bridgehead atoms. The molecule has 0 amide bonds. The summed E-state index contributed by atoms with van der Waals surface area (Å²) in [5.41, 5.74) is 2.78. The molecule has 14 heavy (non-hydrogen) atoms. The van der Waals surface area contributed by atoms with Gasteiger partial charge >= 0.3 is 0 Å². The van der Waals surface area contributed by atoms with Crippen LogP contribution in [0, 0.1) is 0 Å². The Balaban J connectivity index is 3.16. The Morgan fingerprint density at radius 2 is 1.93 bits per heavy atom. The fourth-order valence-corrected chi connectivity index (χ4v) is 1.84. The normalized spacial score (nSPS) is 11.5. The molecule has 0 fully saturated rings. The molecule has 0 spiro atoms. The summed E-state index contributed by atoms with van der Waals surface area (Å²) in [6, 6.07) is 6.40. The minimum absolute atomic E-state index is 0.182. The zero-order valence-electron chi connectivity index (χ0n) is 9.32. The van der Waals surface area contributed by atoms with Gasteiger partial charge in [0.25, 0.3) is 0 Å². The summed E-state index contributed by atoms with van der Waals surface area (Å²) in [7, 11) is 0. The zero-order valence-corrected chi connectivity index (χ0v) is 10.9. The lowest BCUT2D eigenvalue weighted by Crippen LogP contribution is -2.14. The quantitative estimate of drug-likeness (QED) is 0.837. The van der Waals surface area contributed by atoms with Crippen LogP contribution < -0.4 is 5.32 Å². The van der Waals surface area contributed by atoms with Crippen LogP contribution in [0.1, 0.15) is 33.3 Å². The smallest absolute Gasteiger partial charge is 0.0378 e. The van der Waals surface area contributed by atoms with E-state index in [1.807, 2.05) is 0 Å². The molecule has 0 aliphatic rings. The number of halogens is 1. The molecule has 1 rings (SSSR count). The van der Waals surface area contributed by atoms with Crippen molar-refractivity contribution in [3.8, 4) is 0 Å². The highest BCUT2D eigenvalue weighted by Crippen LogP contribution is 2.31. The first-order valence-corrected chi connectivity index (χ1v) is 5.78. The molecule has 1 aromatic carbocycles. The van der Waals surface area contributed by atoms with Crippen molar-refractivity contribution in [3.63, 3.8) is 0 Å². The van der Waals surface area contributed by atoms with Crippen molar-refractivity contribution in [2.75, 3.05) is 11.9 Å². The molecule has 2 heteroatoms. The lowest BCUT2D eigenvalue weighted by molar-refractivity contribution is 0.591. The SMILES string of the molecule is CCNc1ccc(Br)cc1C(C)(C)C. The molecular weight excluding hydrogens is 238 g/mol. The van der Waals surface area contributed by atoms with Crippen LogP contribution in [0.5, 0.6) is 0 Å². The van der Waals surface area contributed by atoms with Crippen molar-refractivity contribution in [1.82, 2.24) is 0 Å². The maximum Gasteiger partial charge on any atom is 0.0378 e. The first-order chi connectivity index (χ1) is 6.45. The molecule has 0 saturated heterocycles. The summed E-state index contributed by atoms with van der Waals surface area (Å²) in [5.74, 6) is 0. The molecule has 0 saturated carbocycles. The summed E-state index contributed by atoms with van der Waals surface area (Å²) in [5, 5.41) is 3.39. The predicted octanol–water partition coefficient (Wildman–Crippen LogP) is 4.18. The molecule has 1 nitrogen and oxygen atoms in total. The lowest BCUT2D eigenvalue weighted by Gasteiger charge is -2.23. The molecule has 1 N–H and O–H groups in total. The van der Waals surface area contributed by atoms with Gasteiger partial charge < -0.3 is 5.32 Å². The van der Waals surface area contributed by atoms with Crippen LogP contribution >= 0.6 is 15.9 Å². The Labute approximate surface area is 95.0 Å². The van der Waals surface area contributed by atoms with E-state index in [-0.39, 0.29) is 5.41 Å². The summed E-state index contributed by atoms with van der Waals surface area (Å²) in [4.78, 5) is 0. The van der Waals surface area contributed by atoms with Gasteiger partial charge in [-0.1, -0.05) is 36.7 Å². The topological polar surface area (TPSA) is 12.0 Å². The van der Waals surface area contributed by atoms with Gasteiger partial charge in [0.05, 0.1) is 0 Å². The van der Waals surface area contributed by atoms with Crippen LogP contribution in [0.2, 0.25) is 0 Å². The number of benzene rings is 1. The van der Waals surface area contributed by atoms with Gasteiger partial charge in [-0.15, -0.1) is 0 Å². The fourth-order valence-electron chi connectivity index (χ4n) is 1.48. The molecule has 0 aliphatic carbocycles. The van der Waals surface area contributed by atoms with Gasteiger partial charge in [-0.3, -0.25) is 0 Å². The molecule has 0 aromatic heterocycles. The van der Waals surface area contributed by atoms with E-state index in [2.05, 4.69) is 67.1 Å². The van der Waals surface area contributed by atoms with E-state index in [4.69, 9.17) is 0 Å². The summed E-state index contributed by atoms with van der Waals surface area (Å²) in [6.45, 7) is 9.78. The molecule has 0 unspecified atom stereocenters. The van der Waals surface area contributed by atoms with E-state index in [9.17, 15) is 0 Å². The number of nitrogens with one attached hydrogen (secondary N) is 1. The van der Waals surface area contributed by atoms with Gasteiger partial charge in [0.15, 0.2) is 0 Å². The second-order valence-electron chi connectivity index (χ2n) is 4.47. The highest BCUT2D eigenvalue weighted by Gasteiger charge is 2.17. The van der Waals surface area contributed by atoms with Crippen molar-refractivity contribution in [2.45, 2.75) is 33.1 Å². The Hall–Kier alpha value is -0.500. The van der Waals surface area contributed by atoms with Gasteiger partial charge in [0, 0.05) is 16.7 Å². The van der Waals surface area contributed by atoms with Gasteiger partial charge in [-0.2, -0.15) is 0 Å². The van der Waals surface area contributed by atoms with Gasteiger partial charge in [-0.25, -0.2) is 0 Å². The van der Waals surface area contributed by atoms with Crippen LogP contribution in [0.3, 0.4) is 0 Å². The van der Waals surface area contributed by atoms with E-state index < -0.39 is 0 Å². The van der Waals surface area contributed by atoms with Gasteiger partial charge in [0.2, 0.25) is 0 Å². The molecule has 0 radical (unpaired) electrons. The standard InChI is InChI=1S/C12H18BrN/c1-5-14-11-7-6-9(13)8-10(11)12(2,3)4/h6-8,14H,5H2,1-4H3. The highest BCUT2D eigenvalue weighted by molar-refractivity contribution is 9.10. The number of anilines is 1. The van der Waals surface area contributed by atoms with Crippen LogP contribution in [-0.4, -0.2) is 6.54 Å². The van der Waals surface area contributed by atoms with E-state index >= 15 is 0 Å². The van der Waals surface area contributed by atoms with Crippen LogP contribution in [0.25, 0.3) is 0 Å². The maximum absolute atomic E-state index is 3.51. The molecular formula is C12H18BrN. The molecule has 1 aromatic rings. The minimum Gasteiger partial charge on any atom is -0.385 e. The van der Waals surface area contributed by atoms with Crippen LogP contribution in [0.15, 0.2) is 22.7 Å². The fraction of sp³-hybridized carbons (Fsp3) is 0.500. The highest BCUT2D eigenvalue weighted by atomic mass is 79.9. The largest absolute Gasteiger partial charge is 0.385 e. The average Bonchev–Trinajstić information content (AvgIpc) is 2.07. The van der Waals surface area contributed by atoms with E-state index in [1.54, 1.807) is 0 Å². The third kappa shape index (κ3) is 2.74. The molecule has 0 aliphatic heterocycles. The van der Waals surface area contributed by atoms with Crippen molar-refractivity contribution < 1.29 is 0 Å². The molecule has 0 heterocycles. The Morgan fingerprint density at radius 1 is 1.29 bits per heavy atom. The lowest BCUT2D eigenvalue weighted by atomic mass is 9.86. The first-order valence-electron chi connectivity index (χ1n) is 4.99. The second-order valence-corrected chi connectivity index (χ2v) is 5.39. The third-order valence-electron chi connectivity index (χ3n) is 2.16. The zero-order chi connectivity index (χ0) is 10.8. The van der Waals surface area contributed by atoms with E-state index in [1.165, 1.54) is 11.3 Å². The Kier molecular flexibility index (Phi) is 3.59. The minimum atomic E-state index is 0.182. The van der Waals surface area contributed by atoms with Crippen molar-refractivity contribution in [1.29, 1.82) is 0 Å². The Morgan fingerprint density at radius 3 is 2.43 bits per heavy atom. The average molecular weight is 256 g/mol. The summed E-state index contributed by atoms with van der Waals surface area (Å²) >= 11 is 3.51. The Bertz CT molecular complexity index is 313. The molecule has 0 atom stereocenters. The predicted molar refractivity (Wildman–Crippen MR) is 67.0 cm³/mol. The van der Waals surface area contributed by atoms with E-state index in [0.29, 0.717) is 0 Å². The number of hydrogen-bond donors (Lipinski definition) is 1. The molecule has 78 valence electrons. The van der Waals surface area contributed by atoms with Gasteiger partial charge in [0.1, 0.15) is 0 Å². The second kappa shape index (κ2) is 4.35. The van der Waals surface area contributed by atoms with Gasteiger partial charge in [-0.05, 0) is 36.1 Å². The monoisotopic (exact) mass is 255 g/mol. The van der Waals surface area contributed by atoms with Crippen molar-refractivity contribution in [3.05, 3.63) is 28.2 Å². The third-order valence-corrected chi connectivity index (χ3v) is 2.65. The summed E-state index contributed by atoms with van der Waals surface area (Å²) < 4.78 is 1.14. The van der Waals surface area contributed by atoms with Crippen LogP contribution in [-0.2, 0) is 5.41 Å². The van der Waals surface area contributed by atoms with Crippen molar-refractivity contribution >= 4 is 21.6 Å². The number of hydrogen-bond acceptors (Lipinski definition) is 1. The maximum atomic E-state index is 3.51. The first kappa shape index (κ1) is 11.6. The summed E-state index contributed by atoms with van der Waals surface area (Å²) in [6.07, 6.45) is 0. The van der Waals surface area contributed by atoms with Crippen molar-refractivity contribution in [2.24, 2.45) is 0 Å². The van der Waals surface area contributed by atoms with E-state index in [0.717, 1.165) is 11.0 Å². The van der Waals surface area contributed by atoms with Crippen LogP contribution in [0.4, 0.5) is 5.69 Å². The number of rotatable bonds is 2.